The molecule has 1 aliphatic rings. The number of nitrogens with zero attached hydrogens (tertiary/aromatic N) is 2. The molecule has 0 saturated carbocycles. The molecule has 0 bridgehead atoms. The Morgan fingerprint density at radius 3 is 2.54 bits per heavy atom. The number of rotatable bonds is 5. The van der Waals surface area contributed by atoms with Crippen LogP contribution in [0.1, 0.15) is 41.5 Å². The summed E-state index contributed by atoms with van der Waals surface area (Å²) >= 11 is 1.23. The number of pyridine rings is 1. The van der Waals surface area contributed by atoms with E-state index in [1.165, 1.54) is 11.3 Å². The molecule has 0 fully saturated rings. The number of hydrogen-bond donors (Lipinski definition) is 3. The maximum Gasteiger partial charge on any atom is 0.345 e. The zero-order valence-corrected chi connectivity index (χ0v) is 21.1. The normalized spacial score (nSPS) is 12.2. The number of fused-ring (bicyclic) bond motifs is 3. The molecule has 186 valence electrons. The van der Waals surface area contributed by atoms with Crippen LogP contribution in [0.2, 0.25) is 0 Å². The molecule has 0 radical (unpaired) electrons. The summed E-state index contributed by atoms with van der Waals surface area (Å²) in [6, 6.07) is 17.8. The summed E-state index contributed by atoms with van der Waals surface area (Å²) in [4.78, 5) is 45.1. The fraction of sp³-hybridized carbons (Fsp3) is 0.143. The second-order valence-electron chi connectivity index (χ2n) is 8.68. The molecule has 0 spiro atoms. The first kappa shape index (κ1) is 24.2. The Hall–Kier alpha value is -4.50. The molecule has 9 heteroatoms. The molecule has 2 aromatic carbocycles. The van der Waals surface area contributed by atoms with Gasteiger partial charge in [-0.15, -0.1) is 11.3 Å². The van der Waals surface area contributed by atoms with Gasteiger partial charge in [0.05, 0.1) is 11.3 Å². The predicted molar refractivity (Wildman–Crippen MR) is 145 cm³/mol. The number of para-hydroxylation sites is 1. The summed E-state index contributed by atoms with van der Waals surface area (Å²) in [5.41, 5.74) is 4.86. The average molecular weight is 513 g/mol. The van der Waals surface area contributed by atoms with E-state index in [4.69, 9.17) is 0 Å². The fourth-order valence-corrected chi connectivity index (χ4v) is 5.49. The van der Waals surface area contributed by atoms with Crippen molar-refractivity contribution in [2.75, 3.05) is 29.1 Å². The number of anilines is 3. The highest BCUT2D eigenvalue weighted by Gasteiger charge is 2.27. The first-order chi connectivity index (χ1) is 17.9. The van der Waals surface area contributed by atoms with Gasteiger partial charge in [-0.2, -0.15) is 0 Å². The van der Waals surface area contributed by atoms with Crippen molar-refractivity contribution < 1.29 is 19.5 Å². The number of amides is 2. The Morgan fingerprint density at radius 1 is 1.05 bits per heavy atom. The van der Waals surface area contributed by atoms with E-state index in [9.17, 15) is 19.5 Å². The summed E-state index contributed by atoms with van der Waals surface area (Å²) in [6.07, 6.45) is 2.24. The smallest absolute Gasteiger partial charge is 0.345 e. The van der Waals surface area contributed by atoms with Gasteiger partial charge in [0.25, 0.3) is 11.8 Å². The molecule has 2 amide bonds. The third-order valence-electron chi connectivity index (χ3n) is 6.20. The van der Waals surface area contributed by atoms with Crippen LogP contribution in [0.4, 0.5) is 17.2 Å². The van der Waals surface area contributed by atoms with Crippen LogP contribution in [0.5, 0.6) is 0 Å². The topological polar surface area (TPSA) is 112 Å². The number of benzene rings is 2. The third-order valence-corrected chi connectivity index (χ3v) is 7.40. The molecule has 3 N–H and O–H groups in total. The molecule has 4 aromatic rings. The van der Waals surface area contributed by atoms with Gasteiger partial charge in [-0.1, -0.05) is 18.2 Å². The van der Waals surface area contributed by atoms with Gasteiger partial charge in [0.2, 0.25) is 0 Å². The minimum absolute atomic E-state index is 0.167. The molecule has 1 aliphatic heterocycles. The van der Waals surface area contributed by atoms with Crippen molar-refractivity contribution in [1.29, 1.82) is 0 Å². The van der Waals surface area contributed by atoms with Crippen LogP contribution in [0.3, 0.4) is 0 Å². The minimum atomic E-state index is -0.948. The number of thiophene rings is 1. The highest BCUT2D eigenvalue weighted by molar-refractivity contribution is 7.17. The Labute approximate surface area is 217 Å². The lowest BCUT2D eigenvalue weighted by atomic mass is 10.1. The van der Waals surface area contributed by atoms with Crippen LogP contribution in [0, 0.1) is 6.92 Å². The number of carbonyl (C=O) groups excluding carboxylic acids is 2. The molecule has 0 saturated heterocycles. The van der Waals surface area contributed by atoms with E-state index in [1.807, 2.05) is 31.2 Å². The lowest BCUT2D eigenvalue weighted by Gasteiger charge is -2.23. The van der Waals surface area contributed by atoms with Crippen LogP contribution in [-0.4, -0.2) is 41.5 Å². The van der Waals surface area contributed by atoms with Gasteiger partial charge in [0.1, 0.15) is 10.7 Å². The predicted octanol–water partition coefficient (Wildman–Crippen LogP) is 5.31. The van der Waals surface area contributed by atoms with Crippen molar-refractivity contribution >= 4 is 46.3 Å². The van der Waals surface area contributed by atoms with E-state index in [-0.39, 0.29) is 11.8 Å². The van der Waals surface area contributed by atoms with Gasteiger partial charge in [-0.25, -0.2) is 9.78 Å². The van der Waals surface area contributed by atoms with Crippen LogP contribution < -0.4 is 15.5 Å². The first-order valence-electron chi connectivity index (χ1n) is 11.7. The Balaban J connectivity index is 1.38. The molecule has 0 atom stereocenters. The number of hydrogen-bond acceptors (Lipinski definition) is 6. The first-order valence-corrected chi connectivity index (χ1v) is 12.5. The molecular formula is C28H24N4O4S. The van der Waals surface area contributed by atoms with E-state index in [0.717, 1.165) is 27.3 Å². The molecular weight excluding hydrogens is 488 g/mol. The van der Waals surface area contributed by atoms with Gasteiger partial charge in [0, 0.05) is 41.5 Å². The zero-order valence-electron chi connectivity index (χ0n) is 20.2. The zero-order chi connectivity index (χ0) is 26.1. The van der Waals surface area contributed by atoms with Gasteiger partial charge in [-0.05, 0) is 66.9 Å². The van der Waals surface area contributed by atoms with Crippen molar-refractivity contribution in [1.82, 2.24) is 4.98 Å². The van der Waals surface area contributed by atoms with Gasteiger partial charge < -0.3 is 20.6 Å². The molecule has 37 heavy (non-hydrogen) atoms. The van der Waals surface area contributed by atoms with E-state index in [0.29, 0.717) is 40.5 Å². The summed E-state index contributed by atoms with van der Waals surface area (Å²) in [5.74, 6) is -0.928. The minimum Gasteiger partial charge on any atom is -0.477 e. The number of carboxylic acid groups (broad SMARTS) is 1. The van der Waals surface area contributed by atoms with E-state index < -0.39 is 5.97 Å². The number of aryl methyl sites for hydroxylation is 1. The number of aromatic nitrogens is 1. The lowest BCUT2D eigenvalue weighted by molar-refractivity contribution is 0.0701. The second-order valence-corrected chi connectivity index (χ2v) is 9.74. The average Bonchev–Trinajstić information content (AvgIpc) is 3.27. The number of aromatic carboxylic acids is 1. The molecule has 5 rings (SSSR count). The molecule has 0 aliphatic carbocycles. The van der Waals surface area contributed by atoms with Crippen LogP contribution in [0.25, 0.3) is 10.4 Å². The molecule has 0 unspecified atom stereocenters. The third kappa shape index (κ3) is 4.68. The molecule has 3 heterocycles. The molecule has 2 aromatic heterocycles. The van der Waals surface area contributed by atoms with Gasteiger partial charge >= 0.3 is 5.97 Å². The van der Waals surface area contributed by atoms with E-state index in [1.54, 1.807) is 54.5 Å². The standard InChI is InChI=1S/C28H24N4O4S/c1-16-13-21(25(29-2)30-15-16)26(33)31-19-9-7-17(8-10-19)27(34)32-12-11-18-14-23(28(35)36)37-24(18)20-5-3-4-6-22(20)32/h3-10,13-15H,11-12H2,1-2H3,(H,29,30)(H,31,33)(H,35,36). The van der Waals surface area contributed by atoms with Gasteiger partial charge in [-0.3, -0.25) is 9.59 Å². The fourth-order valence-electron chi connectivity index (χ4n) is 4.40. The van der Waals surface area contributed by atoms with Crippen molar-refractivity contribution in [3.8, 4) is 10.4 Å². The van der Waals surface area contributed by atoms with Crippen LogP contribution in [-0.2, 0) is 6.42 Å². The monoisotopic (exact) mass is 512 g/mol. The Morgan fingerprint density at radius 2 is 1.81 bits per heavy atom. The van der Waals surface area contributed by atoms with Crippen LogP contribution >= 0.6 is 11.3 Å². The number of nitrogens with one attached hydrogen (secondary N) is 2. The quantitative estimate of drug-likeness (QED) is 0.334. The number of carbonyl (C=O) groups is 3. The van der Waals surface area contributed by atoms with Crippen molar-refractivity contribution in [3.63, 3.8) is 0 Å². The van der Waals surface area contributed by atoms with Gasteiger partial charge in [0.15, 0.2) is 0 Å². The van der Waals surface area contributed by atoms with E-state index in [2.05, 4.69) is 15.6 Å². The largest absolute Gasteiger partial charge is 0.477 e. The lowest BCUT2D eigenvalue weighted by Crippen LogP contribution is -2.32. The summed E-state index contributed by atoms with van der Waals surface area (Å²) < 4.78 is 0. The van der Waals surface area contributed by atoms with Crippen LogP contribution in [0.15, 0.2) is 66.9 Å². The maximum atomic E-state index is 13.6. The summed E-state index contributed by atoms with van der Waals surface area (Å²) in [6.45, 7) is 2.29. The van der Waals surface area contributed by atoms with Crippen molar-refractivity contribution in [2.45, 2.75) is 13.3 Å². The second kappa shape index (κ2) is 9.87. The SMILES string of the molecule is CNc1ncc(C)cc1C(=O)Nc1ccc(C(=O)N2CCc3cc(C(=O)O)sc3-c3ccccc32)cc1. The maximum absolute atomic E-state index is 13.6. The van der Waals surface area contributed by atoms with Crippen molar-refractivity contribution in [3.05, 3.63) is 94.0 Å². The Kier molecular flexibility index (Phi) is 6.45. The highest BCUT2D eigenvalue weighted by Crippen LogP contribution is 2.41. The Bertz CT molecular complexity index is 1530. The highest BCUT2D eigenvalue weighted by atomic mass is 32.1. The number of carboxylic acids is 1. The van der Waals surface area contributed by atoms with Crippen molar-refractivity contribution in [2.24, 2.45) is 0 Å². The summed E-state index contributed by atoms with van der Waals surface area (Å²) in [7, 11) is 1.71. The molecule has 8 nitrogen and oxygen atoms in total. The summed E-state index contributed by atoms with van der Waals surface area (Å²) in [5, 5.41) is 15.2. The van der Waals surface area contributed by atoms with E-state index >= 15 is 0 Å².